The molecule has 0 saturated carbocycles. The van der Waals surface area contributed by atoms with Gasteiger partial charge in [-0.3, -0.25) is 10.1 Å². The van der Waals surface area contributed by atoms with Gasteiger partial charge in [0.05, 0.1) is 10.5 Å². The van der Waals surface area contributed by atoms with Crippen LogP contribution in [0.4, 0.5) is 10.1 Å². The van der Waals surface area contributed by atoms with Gasteiger partial charge in [0.25, 0.3) is 0 Å². The summed E-state index contributed by atoms with van der Waals surface area (Å²) in [4.78, 5) is 13.8. The number of nitrogens with zero attached hydrogens (tertiary/aromatic N) is 2. The summed E-state index contributed by atoms with van der Waals surface area (Å²) < 4.78 is 13.6. The Labute approximate surface area is 101 Å². The summed E-state index contributed by atoms with van der Waals surface area (Å²) in [5.74, 6) is -0.544. The molecule has 4 nitrogen and oxygen atoms in total. The Balaban J connectivity index is 2.72. The number of benzene rings is 1. The van der Waals surface area contributed by atoms with E-state index in [1.54, 1.807) is 6.07 Å². The Morgan fingerprint density at radius 2 is 1.94 bits per heavy atom. The summed E-state index contributed by atoms with van der Waals surface area (Å²) >= 11 is 5.65. The quantitative estimate of drug-likeness (QED) is 0.467. The van der Waals surface area contributed by atoms with Crippen LogP contribution < -0.4 is 0 Å². The Morgan fingerprint density at radius 1 is 1.24 bits per heavy atom. The number of hydrogen-bond donors (Lipinski definition) is 0. The van der Waals surface area contributed by atoms with E-state index in [-0.39, 0.29) is 22.0 Å². The fourth-order valence-electron chi connectivity index (χ4n) is 1.50. The van der Waals surface area contributed by atoms with Crippen LogP contribution in [0.15, 0.2) is 36.5 Å². The molecule has 0 fully saturated rings. The minimum Gasteiger partial charge on any atom is -0.258 e. The summed E-state index contributed by atoms with van der Waals surface area (Å²) in [6.07, 6.45) is 1.30. The molecule has 0 N–H and O–H groups in total. The Kier molecular flexibility index (Phi) is 3.01. The predicted octanol–water partition coefficient (Wildman–Crippen LogP) is 3.45. The maximum absolute atomic E-state index is 13.6. The van der Waals surface area contributed by atoms with Crippen LogP contribution in [0.1, 0.15) is 0 Å². The number of hydrogen-bond acceptors (Lipinski definition) is 3. The molecular weight excluding hydrogens is 247 g/mol. The highest BCUT2D eigenvalue weighted by molar-refractivity contribution is 6.32. The molecule has 0 unspecified atom stereocenters. The first-order chi connectivity index (χ1) is 8.11. The SMILES string of the molecule is O=[N+]([O-])c1c(-c2ccccc2F)ccnc1Cl. The average molecular weight is 253 g/mol. The second-order valence-corrected chi connectivity index (χ2v) is 3.59. The molecule has 0 aliphatic heterocycles. The van der Waals surface area contributed by atoms with Crippen LogP contribution in [0.25, 0.3) is 11.1 Å². The minimum atomic E-state index is -0.670. The largest absolute Gasteiger partial charge is 0.314 e. The number of pyridine rings is 1. The summed E-state index contributed by atoms with van der Waals surface area (Å²) in [6, 6.07) is 7.15. The standard InChI is InChI=1S/C11H6ClFN2O2/c12-11-10(15(16)17)8(5-6-14-11)7-3-1-2-4-9(7)13/h1-6H. The van der Waals surface area contributed by atoms with Gasteiger partial charge in [-0.2, -0.15) is 0 Å². The number of rotatable bonds is 2. The smallest absolute Gasteiger partial charge is 0.258 e. The van der Waals surface area contributed by atoms with E-state index in [1.165, 1.54) is 30.5 Å². The summed E-state index contributed by atoms with van der Waals surface area (Å²) in [7, 11) is 0. The first kappa shape index (κ1) is 11.5. The van der Waals surface area contributed by atoms with Crippen LogP contribution in [0, 0.1) is 15.9 Å². The van der Waals surface area contributed by atoms with Crippen molar-refractivity contribution in [3.8, 4) is 11.1 Å². The van der Waals surface area contributed by atoms with Gasteiger partial charge in [0.15, 0.2) is 0 Å². The highest BCUT2D eigenvalue weighted by Crippen LogP contribution is 2.35. The molecule has 0 amide bonds. The highest BCUT2D eigenvalue weighted by Gasteiger charge is 2.22. The zero-order valence-corrected chi connectivity index (χ0v) is 9.19. The van der Waals surface area contributed by atoms with Crippen molar-refractivity contribution in [1.29, 1.82) is 0 Å². The number of halogens is 2. The van der Waals surface area contributed by atoms with Gasteiger partial charge in [0.2, 0.25) is 5.15 Å². The van der Waals surface area contributed by atoms with Crippen LogP contribution in [-0.2, 0) is 0 Å². The fourth-order valence-corrected chi connectivity index (χ4v) is 1.73. The molecule has 2 aromatic rings. The molecule has 0 aliphatic carbocycles. The summed E-state index contributed by atoms with van der Waals surface area (Å²) in [5.41, 5.74) is -0.143. The monoisotopic (exact) mass is 252 g/mol. The zero-order valence-electron chi connectivity index (χ0n) is 8.43. The van der Waals surface area contributed by atoms with Crippen molar-refractivity contribution in [3.63, 3.8) is 0 Å². The van der Waals surface area contributed by atoms with E-state index in [2.05, 4.69) is 4.98 Å². The van der Waals surface area contributed by atoms with Crippen molar-refractivity contribution < 1.29 is 9.31 Å². The zero-order chi connectivity index (χ0) is 12.4. The van der Waals surface area contributed by atoms with E-state index in [4.69, 9.17) is 11.6 Å². The molecule has 0 bridgehead atoms. The summed E-state index contributed by atoms with van der Waals surface area (Å²) in [5, 5.41) is 10.6. The lowest BCUT2D eigenvalue weighted by Crippen LogP contribution is -1.96. The average Bonchev–Trinajstić information content (AvgIpc) is 2.28. The molecule has 2 rings (SSSR count). The van der Waals surface area contributed by atoms with Gasteiger partial charge in [-0.15, -0.1) is 0 Å². The van der Waals surface area contributed by atoms with Gasteiger partial charge in [-0.05, 0) is 12.1 Å². The molecule has 1 aromatic carbocycles. The van der Waals surface area contributed by atoms with Gasteiger partial charge in [-0.25, -0.2) is 9.37 Å². The molecule has 6 heteroatoms. The maximum Gasteiger partial charge on any atom is 0.314 e. The van der Waals surface area contributed by atoms with Gasteiger partial charge < -0.3 is 0 Å². The third-order valence-electron chi connectivity index (χ3n) is 2.23. The predicted molar refractivity (Wildman–Crippen MR) is 61.3 cm³/mol. The molecule has 1 heterocycles. The minimum absolute atomic E-state index is 0.119. The molecule has 0 spiro atoms. The topological polar surface area (TPSA) is 56.0 Å². The Hall–Kier alpha value is -2.01. The van der Waals surface area contributed by atoms with Gasteiger partial charge in [0, 0.05) is 11.8 Å². The van der Waals surface area contributed by atoms with Crippen LogP contribution in [0.3, 0.4) is 0 Å². The first-order valence-electron chi connectivity index (χ1n) is 4.65. The molecule has 0 saturated heterocycles. The van der Waals surface area contributed by atoms with Crippen LogP contribution in [0.2, 0.25) is 5.15 Å². The molecular formula is C11H6ClFN2O2. The number of aromatic nitrogens is 1. The van der Waals surface area contributed by atoms with Gasteiger partial charge in [-0.1, -0.05) is 29.8 Å². The van der Waals surface area contributed by atoms with E-state index in [1.807, 2.05) is 0 Å². The fraction of sp³-hybridized carbons (Fsp3) is 0. The Bertz CT molecular complexity index is 589. The van der Waals surface area contributed by atoms with E-state index in [9.17, 15) is 14.5 Å². The van der Waals surface area contributed by atoms with Crippen molar-refractivity contribution in [3.05, 3.63) is 57.6 Å². The van der Waals surface area contributed by atoms with Crippen molar-refractivity contribution in [1.82, 2.24) is 4.98 Å². The molecule has 1 aromatic heterocycles. The first-order valence-corrected chi connectivity index (χ1v) is 5.03. The normalized spacial score (nSPS) is 10.2. The third kappa shape index (κ3) is 2.09. The second-order valence-electron chi connectivity index (χ2n) is 3.23. The lowest BCUT2D eigenvalue weighted by molar-refractivity contribution is -0.384. The lowest BCUT2D eigenvalue weighted by Gasteiger charge is -2.04. The van der Waals surface area contributed by atoms with E-state index < -0.39 is 10.7 Å². The molecule has 17 heavy (non-hydrogen) atoms. The molecule has 0 radical (unpaired) electrons. The third-order valence-corrected chi connectivity index (χ3v) is 2.50. The van der Waals surface area contributed by atoms with Crippen molar-refractivity contribution in [2.24, 2.45) is 0 Å². The van der Waals surface area contributed by atoms with Crippen LogP contribution in [-0.4, -0.2) is 9.91 Å². The lowest BCUT2D eigenvalue weighted by atomic mass is 10.1. The van der Waals surface area contributed by atoms with Crippen LogP contribution >= 0.6 is 11.6 Å². The van der Waals surface area contributed by atoms with E-state index in [0.29, 0.717) is 0 Å². The van der Waals surface area contributed by atoms with Gasteiger partial charge in [0.1, 0.15) is 5.82 Å². The van der Waals surface area contributed by atoms with Crippen molar-refractivity contribution in [2.45, 2.75) is 0 Å². The van der Waals surface area contributed by atoms with E-state index >= 15 is 0 Å². The van der Waals surface area contributed by atoms with Crippen LogP contribution in [0.5, 0.6) is 0 Å². The molecule has 0 atom stereocenters. The highest BCUT2D eigenvalue weighted by atomic mass is 35.5. The van der Waals surface area contributed by atoms with E-state index in [0.717, 1.165) is 0 Å². The second kappa shape index (κ2) is 4.47. The maximum atomic E-state index is 13.6. The van der Waals surface area contributed by atoms with Crippen molar-refractivity contribution in [2.75, 3.05) is 0 Å². The molecule has 86 valence electrons. The van der Waals surface area contributed by atoms with Crippen molar-refractivity contribution >= 4 is 17.3 Å². The molecule has 0 aliphatic rings. The summed E-state index contributed by atoms with van der Waals surface area (Å²) in [6.45, 7) is 0. The Morgan fingerprint density at radius 3 is 2.59 bits per heavy atom. The number of nitro groups is 1. The van der Waals surface area contributed by atoms with Gasteiger partial charge >= 0.3 is 5.69 Å².